The zero-order chi connectivity index (χ0) is 44.9. The minimum atomic E-state index is -5.57. The quantitative estimate of drug-likeness (QED) is 0.0457. The largest absolute Gasteiger partial charge is 0.481 e. The smallest absolute Gasteiger partial charge is 0.386 e. The highest BCUT2D eigenvalue weighted by Crippen LogP contribution is 2.61. The minimum absolute atomic E-state index is 0.0327. The van der Waals surface area contributed by atoms with E-state index < -0.39 is 84.6 Å². The standard InChI is InChI=1S/C32H56N7O17P3S/c1-5-9-20(2)10-7-6-8-11-23(41)60-15-14-34-22(40)12-13-35-30(44)27(43)32(3,4)17-53-59(50,51)56-58(48,49)52-16-21-26(55-57(45,46)47)25(42)31(54-21)39-19-38-24-28(33)36-18-37-29(24)39/h18-21,25-27,31,42-43H,5-17H2,1-4H3,(H,34,40)(H,35,44)(H,48,49)(H,50,51)(H2,33,36,37)(H2,45,46,47). The number of fused-ring (bicyclic) bond motifs is 1. The third-order valence-corrected chi connectivity index (χ3v) is 13.2. The molecule has 342 valence electrons. The van der Waals surface area contributed by atoms with Crippen molar-refractivity contribution in [3.05, 3.63) is 12.7 Å². The molecule has 0 saturated carbocycles. The van der Waals surface area contributed by atoms with E-state index in [1.807, 2.05) is 0 Å². The highest BCUT2D eigenvalue weighted by Gasteiger charge is 2.50. The topological polar surface area (TPSA) is 364 Å². The zero-order valence-corrected chi connectivity index (χ0v) is 37.1. The molecule has 3 heterocycles. The Kier molecular flexibility index (Phi) is 20.2. The van der Waals surface area contributed by atoms with Gasteiger partial charge in [-0.25, -0.2) is 28.6 Å². The first kappa shape index (κ1) is 51.9. The summed E-state index contributed by atoms with van der Waals surface area (Å²) in [5.41, 5.74) is 4.28. The van der Waals surface area contributed by atoms with Crippen molar-refractivity contribution in [2.45, 2.75) is 110 Å². The highest BCUT2D eigenvalue weighted by atomic mass is 32.2. The number of hydrogen-bond donors (Lipinski definition) is 9. The van der Waals surface area contributed by atoms with Gasteiger partial charge >= 0.3 is 23.5 Å². The van der Waals surface area contributed by atoms with Crippen molar-refractivity contribution in [1.82, 2.24) is 30.2 Å². The molecule has 10 N–H and O–H groups in total. The van der Waals surface area contributed by atoms with Gasteiger partial charge in [-0.05, 0) is 12.3 Å². The lowest BCUT2D eigenvalue weighted by Gasteiger charge is -2.30. The van der Waals surface area contributed by atoms with Crippen molar-refractivity contribution in [2.24, 2.45) is 11.3 Å². The molecule has 8 unspecified atom stereocenters. The van der Waals surface area contributed by atoms with E-state index in [-0.39, 0.29) is 41.6 Å². The summed E-state index contributed by atoms with van der Waals surface area (Å²) in [5.74, 6) is -0.336. The molecule has 60 heavy (non-hydrogen) atoms. The number of anilines is 1. The Morgan fingerprint density at radius 3 is 2.38 bits per heavy atom. The molecule has 0 spiro atoms. The molecule has 24 nitrogen and oxygen atoms in total. The fourth-order valence-corrected chi connectivity index (χ4v) is 9.49. The number of nitrogens with one attached hydrogen (secondary N) is 2. The molecule has 8 atom stereocenters. The van der Waals surface area contributed by atoms with Crippen LogP contribution in [0.4, 0.5) is 5.82 Å². The van der Waals surface area contributed by atoms with Crippen molar-refractivity contribution in [2.75, 3.05) is 37.8 Å². The average molecular weight is 936 g/mol. The maximum absolute atomic E-state index is 12.7. The van der Waals surface area contributed by atoms with E-state index in [9.17, 15) is 57.9 Å². The van der Waals surface area contributed by atoms with Gasteiger partial charge in [0, 0.05) is 37.1 Å². The number of nitrogen functional groups attached to an aromatic ring is 1. The van der Waals surface area contributed by atoms with Gasteiger partial charge in [0.25, 0.3) is 0 Å². The lowest BCUT2D eigenvalue weighted by molar-refractivity contribution is -0.137. The summed E-state index contributed by atoms with van der Waals surface area (Å²) < 4.78 is 62.3. The first-order valence-corrected chi connectivity index (χ1v) is 24.5. The zero-order valence-electron chi connectivity index (χ0n) is 33.6. The number of aliphatic hydroxyl groups is 2. The van der Waals surface area contributed by atoms with E-state index in [0.29, 0.717) is 18.1 Å². The Hall–Kier alpha value is -2.44. The molecule has 28 heteroatoms. The highest BCUT2D eigenvalue weighted by molar-refractivity contribution is 8.13. The van der Waals surface area contributed by atoms with Gasteiger partial charge in [-0.1, -0.05) is 71.6 Å². The van der Waals surface area contributed by atoms with Gasteiger partial charge in [0.15, 0.2) is 22.8 Å². The van der Waals surface area contributed by atoms with Crippen molar-refractivity contribution < 1.29 is 80.5 Å². The number of aliphatic hydroxyl groups excluding tert-OH is 2. The number of ether oxygens (including phenoxy) is 1. The molecule has 0 radical (unpaired) electrons. The molecular weight excluding hydrogens is 879 g/mol. The van der Waals surface area contributed by atoms with Crippen LogP contribution < -0.4 is 16.4 Å². The van der Waals surface area contributed by atoms with Gasteiger partial charge in [-0.3, -0.25) is 32.5 Å². The fourth-order valence-electron chi connectivity index (χ4n) is 5.94. The molecule has 0 bridgehead atoms. The Bertz CT molecular complexity index is 1890. The molecule has 0 aliphatic carbocycles. The third kappa shape index (κ3) is 17.0. The van der Waals surface area contributed by atoms with Crippen molar-refractivity contribution in [1.29, 1.82) is 0 Å². The molecule has 0 aromatic carbocycles. The number of amides is 2. The lowest BCUT2D eigenvalue weighted by Crippen LogP contribution is -2.46. The maximum atomic E-state index is 12.7. The van der Waals surface area contributed by atoms with Gasteiger partial charge in [-0.15, -0.1) is 0 Å². The number of aromatic nitrogens is 4. The number of thioether (sulfide) groups is 1. The summed E-state index contributed by atoms with van der Waals surface area (Å²) >= 11 is 1.14. The minimum Gasteiger partial charge on any atom is -0.386 e. The van der Waals surface area contributed by atoms with Crippen LogP contribution in [0.15, 0.2) is 12.7 Å². The van der Waals surface area contributed by atoms with Crippen LogP contribution in [0.1, 0.15) is 85.3 Å². The average Bonchev–Trinajstić information content (AvgIpc) is 3.71. The number of phosphoric ester groups is 3. The molecular formula is C32H56N7O17P3S. The Morgan fingerprint density at radius 2 is 1.70 bits per heavy atom. The molecule has 3 rings (SSSR count). The number of nitrogens with two attached hydrogens (primary N) is 1. The van der Waals surface area contributed by atoms with Crippen LogP contribution in [0.3, 0.4) is 0 Å². The molecule has 1 aliphatic rings. The molecule has 1 aliphatic heterocycles. The van der Waals surface area contributed by atoms with Crippen LogP contribution in [-0.2, 0) is 50.7 Å². The first-order valence-electron chi connectivity index (χ1n) is 19.0. The van der Waals surface area contributed by atoms with Crippen molar-refractivity contribution >= 4 is 69.1 Å². The summed E-state index contributed by atoms with van der Waals surface area (Å²) in [6.45, 7) is 4.97. The van der Waals surface area contributed by atoms with Crippen LogP contribution in [-0.4, -0.2) is 123 Å². The van der Waals surface area contributed by atoms with Crippen LogP contribution in [0, 0.1) is 11.3 Å². The SMILES string of the molecule is CCCC(C)CCCCCC(=O)SCCNC(=O)CCNC(=O)C(O)C(C)(C)COP(=O)(O)OP(=O)(O)OCC1OC(n2cnc3c(N)ncnc32)C(O)C1OP(=O)(O)O. The summed E-state index contributed by atoms with van der Waals surface area (Å²) in [7, 11) is -16.4. The monoisotopic (exact) mass is 935 g/mol. The molecule has 2 amide bonds. The van der Waals surface area contributed by atoms with Crippen LogP contribution >= 0.6 is 35.2 Å². The van der Waals surface area contributed by atoms with Crippen LogP contribution in [0.2, 0.25) is 0 Å². The van der Waals surface area contributed by atoms with E-state index in [2.05, 4.69) is 48.3 Å². The number of carbonyl (C=O) groups excluding carboxylic acids is 3. The van der Waals surface area contributed by atoms with Gasteiger partial charge in [0.05, 0.1) is 19.5 Å². The van der Waals surface area contributed by atoms with E-state index in [4.69, 9.17) is 19.5 Å². The van der Waals surface area contributed by atoms with Gasteiger partial charge in [-0.2, -0.15) is 4.31 Å². The van der Waals surface area contributed by atoms with E-state index in [0.717, 1.165) is 54.7 Å². The predicted octanol–water partition coefficient (Wildman–Crippen LogP) is 2.05. The van der Waals surface area contributed by atoms with Crippen molar-refractivity contribution in [3.8, 4) is 0 Å². The normalized spacial score (nSPS) is 21.6. The van der Waals surface area contributed by atoms with Crippen LogP contribution in [0.5, 0.6) is 0 Å². The summed E-state index contributed by atoms with van der Waals surface area (Å²) in [6, 6.07) is 0. The fraction of sp³-hybridized carbons (Fsp3) is 0.750. The number of unbranched alkanes of at least 4 members (excludes halogenated alkanes) is 2. The molecule has 2 aromatic rings. The van der Waals surface area contributed by atoms with Crippen molar-refractivity contribution in [3.63, 3.8) is 0 Å². The summed E-state index contributed by atoms with van der Waals surface area (Å²) in [4.78, 5) is 88.0. The molecule has 1 fully saturated rings. The Labute approximate surface area is 350 Å². The summed E-state index contributed by atoms with van der Waals surface area (Å²) in [5, 5.41) is 26.6. The molecule has 2 aromatic heterocycles. The second-order valence-corrected chi connectivity index (χ2v) is 20.2. The first-order chi connectivity index (χ1) is 27.9. The third-order valence-electron chi connectivity index (χ3n) is 9.12. The maximum Gasteiger partial charge on any atom is 0.481 e. The molecule has 1 saturated heterocycles. The number of phosphoric acid groups is 3. The van der Waals surface area contributed by atoms with E-state index >= 15 is 0 Å². The van der Waals surface area contributed by atoms with E-state index in [1.165, 1.54) is 26.7 Å². The van der Waals surface area contributed by atoms with Gasteiger partial charge in [0.1, 0.15) is 36.3 Å². The Morgan fingerprint density at radius 1 is 1.00 bits per heavy atom. The van der Waals surface area contributed by atoms with Crippen LogP contribution in [0.25, 0.3) is 11.2 Å². The number of carbonyl (C=O) groups is 3. The lowest BCUT2D eigenvalue weighted by atomic mass is 9.87. The van der Waals surface area contributed by atoms with Gasteiger partial charge in [0.2, 0.25) is 11.8 Å². The number of nitrogens with zero attached hydrogens (tertiary/aromatic N) is 4. The predicted molar refractivity (Wildman–Crippen MR) is 214 cm³/mol. The Balaban J connectivity index is 1.41. The van der Waals surface area contributed by atoms with Gasteiger partial charge < -0.3 is 50.9 Å². The number of imidazole rings is 1. The second kappa shape index (κ2) is 23.3. The summed E-state index contributed by atoms with van der Waals surface area (Å²) in [6.07, 6.45) is 0.0597. The van der Waals surface area contributed by atoms with E-state index in [1.54, 1.807) is 0 Å². The second-order valence-electron chi connectivity index (χ2n) is 14.8. The number of rotatable bonds is 27. The number of hydrogen-bond acceptors (Lipinski definition) is 18.